The molecule has 0 saturated carbocycles. The molecular weight excluding hydrogens is 288 g/mol. The highest BCUT2D eigenvalue weighted by Crippen LogP contribution is 2.22. The normalized spacial score (nSPS) is 9.91. The average molecular weight is 302 g/mol. The number of aryl methyl sites for hydroxylation is 1. The van der Waals surface area contributed by atoms with Gasteiger partial charge in [0.1, 0.15) is 5.75 Å². The summed E-state index contributed by atoms with van der Waals surface area (Å²) in [7, 11) is 0. The standard InChI is InChI=1S/C18H14N4O/c1-13-11-17(23-16-5-3-2-4-6-16)22-18(20-13)21-15-9-7-14(12-19)8-10-15/h2-11H,1H3,(H,20,21,22). The minimum atomic E-state index is 0.445. The molecule has 1 heterocycles. The summed E-state index contributed by atoms with van der Waals surface area (Å²) < 4.78 is 5.74. The summed E-state index contributed by atoms with van der Waals surface area (Å²) in [5.41, 5.74) is 2.20. The number of anilines is 2. The van der Waals surface area contributed by atoms with E-state index in [1.807, 2.05) is 49.4 Å². The molecule has 0 radical (unpaired) electrons. The summed E-state index contributed by atoms with van der Waals surface area (Å²) in [4.78, 5) is 8.70. The van der Waals surface area contributed by atoms with Crippen molar-refractivity contribution in [3.05, 3.63) is 71.9 Å². The van der Waals surface area contributed by atoms with Crippen LogP contribution >= 0.6 is 0 Å². The molecule has 0 aliphatic heterocycles. The fourth-order valence-electron chi connectivity index (χ4n) is 2.01. The van der Waals surface area contributed by atoms with Crippen LogP contribution in [0.1, 0.15) is 11.3 Å². The lowest BCUT2D eigenvalue weighted by Gasteiger charge is -2.09. The molecule has 112 valence electrons. The summed E-state index contributed by atoms with van der Waals surface area (Å²) in [6.07, 6.45) is 0. The first kappa shape index (κ1) is 14.5. The van der Waals surface area contributed by atoms with E-state index in [-0.39, 0.29) is 0 Å². The summed E-state index contributed by atoms with van der Waals surface area (Å²) in [5.74, 6) is 1.63. The van der Waals surface area contributed by atoms with Crippen LogP contribution < -0.4 is 10.1 Å². The van der Waals surface area contributed by atoms with E-state index < -0.39 is 0 Å². The Morgan fingerprint density at radius 3 is 2.43 bits per heavy atom. The van der Waals surface area contributed by atoms with E-state index in [4.69, 9.17) is 10.00 Å². The van der Waals surface area contributed by atoms with Gasteiger partial charge in [0.25, 0.3) is 0 Å². The molecule has 2 aromatic carbocycles. The molecule has 5 heteroatoms. The Balaban J connectivity index is 1.81. The van der Waals surface area contributed by atoms with E-state index in [2.05, 4.69) is 21.4 Å². The molecule has 0 saturated heterocycles. The van der Waals surface area contributed by atoms with Crippen molar-refractivity contribution in [2.45, 2.75) is 6.92 Å². The van der Waals surface area contributed by atoms with Gasteiger partial charge in [-0.05, 0) is 43.3 Å². The molecule has 0 bridgehead atoms. The zero-order valence-corrected chi connectivity index (χ0v) is 12.5. The van der Waals surface area contributed by atoms with Crippen LogP contribution in [0.5, 0.6) is 11.6 Å². The lowest BCUT2D eigenvalue weighted by Crippen LogP contribution is -2.00. The summed E-state index contributed by atoms with van der Waals surface area (Å²) in [6.45, 7) is 1.88. The largest absolute Gasteiger partial charge is 0.439 e. The Morgan fingerprint density at radius 2 is 1.74 bits per heavy atom. The van der Waals surface area contributed by atoms with Crippen molar-refractivity contribution in [2.24, 2.45) is 0 Å². The molecule has 0 aliphatic rings. The lowest BCUT2D eigenvalue weighted by atomic mass is 10.2. The predicted octanol–water partition coefficient (Wildman–Crippen LogP) is 4.19. The molecule has 0 unspecified atom stereocenters. The maximum Gasteiger partial charge on any atom is 0.230 e. The number of para-hydroxylation sites is 1. The first-order valence-corrected chi connectivity index (χ1v) is 7.09. The van der Waals surface area contributed by atoms with Crippen molar-refractivity contribution in [1.29, 1.82) is 5.26 Å². The lowest BCUT2D eigenvalue weighted by molar-refractivity contribution is 0.462. The molecule has 1 N–H and O–H groups in total. The first-order chi connectivity index (χ1) is 11.2. The second-order valence-electron chi connectivity index (χ2n) is 4.90. The van der Waals surface area contributed by atoms with Crippen LogP contribution in [0.2, 0.25) is 0 Å². The fourth-order valence-corrected chi connectivity index (χ4v) is 2.01. The molecule has 0 spiro atoms. The molecular formula is C18H14N4O. The van der Waals surface area contributed by atoms with Crippen molar-refractivity contribution < 1.29 is 4.74 Å². The molecule has 1 aromatic heterocycles. The van der Waals surface area contributed by atoms with Crippen molar-refractivity contribution >= 4 is 11.6 Å². The van der Waals surface area contributed by atoms with Crippen LogP contribution in [0.3, 0.4) is 0 Å². The van der Waals surface area contributed by atoms with Crippen molar-refractivity contribution in [2.75, 3.05) is 5.32 Å². The third-order valence-electron chi connectivity index (χ3n) is 3.07. The predicted molar refractivity (Wildman–Crippen MR) is 87.7 cm³/mol. The first-order valence-electron chi connectivity index (χ1n) is 7.09. The quantitative estimate of drug-likeness (QED) is 0.782. The SMILES string of the molecule is Cc1cc(Oc2ccccc2)nc(Nc2ccc(C#N)cc2)n1. The minimum Gasteiger partial charge on any atom is -0.439 e. The number of benzene rings is 2. The molecule has 0 atom stereocenters. The van der Waals surface area contributed by atoms with Crippen molar-refractivity contribution in [3.8, 4) is 17.7 Å². The van der Waals surface area contributed by atoms with E-state index in [9.17, 15) is 0 Å². The van der Waals surface area contributed by atoms with Gasteiger partial charge in [0, 0.05) is 17.4 Å². The number of nitrogens with one attached hydrogen (secondary N) is 1. The Bertz CT molecular complexity index is 839. The van der Waals surface area contributed by atoms with E-state index in [0.717, 1.165) is 17.1 Å². The van der Waals surface area contributed by atoms with Crippen LogP contribution in [0, 0.1) is 18.3 Å². The molecule has 3 aromatic rings. The van der Waals surface area contributed by atoms with Gasteiger partial charge in [0.15, 0.2) is 0 Å². The topological polar surface area (TPSA) is 70.8 Å². The molecule has 3 rings (SSSR count). The zero-order valence-electron chi connectivity index (χ0n) is 12.5. The van der Waals surface area contributed by atoms with Crippen LogP contribution in [0.25, 0.3) is 0 Å². The van der Waals surface area contributed by atoms with Gasteiger partial charge in [0.2, 0.25) is 11.8 Å². The van der Waals surface area contributed by atoms with Crippen molar-refractivity contribution in [3.63, 3.8) is 0 Å². The Hall–Kier alpha value is -3.39. The second kappa shape index (κ2) is 6.58. The summed E-state index contributed by atoms with van der Waals surface area (Å²) in [6, 6.07) is 20.4. The van der Waals surface area contributed by atoms with Gasteiger partial charge in [0.05, 0.1) is 11.6 Å². The molecule has 0 fully saturated rings. The van der Waals surface area contributed by atoms with E-state index in [0.29, 0.717) is 17.4 Å². The van der Waals surface area contributed by atoms with Crippen LogP contribution in [0.4, 0.5) is 11.6 Å². The summed E-state index contributed by atoms with van der Waals surface area (Å²) >= 11 is 0. The maximum absolute atomic E-state index is 8.82. The zero-order chi connectivity index (χ0) is 16.1. The molecule has 5 nitrogen and oxygen atoms in total. The van der Waals surface area contributed by atoms with E-state index in [1.54, 1.807) is 18.2 Å². The monoisotopic (exact) mass is 302 g/mol. The van der Waals surface area contributed by atoms with Gasteiger partial charge in [-0.25, -0.2) is 4.98 Å². The number of nitriles is 1. The highest BCUT2D eigenvalue weighted by molar-refractivity contribution is 5.55. The highest BCUT2D eigenvalue weighted by atomic mass is 16.5. The van der Waals surface area contributed by atoms with Gasteiger partial charge < -0.3 is 10.1 Å². The van der Waals surface area contributed by atoms with Gasteiger partial charge in [-0.15, -0.1) is 0 Å². The van der Waals surface area contributed by atoms with E-state index in [1.165, 1.54) is 0 Å². The Kier molecular flexibility index (Phi) is 4.16. The van der Waals surface area contributed by atoms with Gasteiger partial charge in [-0.3, -0.25) is 0 Å². The number of ether oxygens (including phenoxy) is 1. The molecule has 0 aliphatic carbocycles. The van der Waals surface area contributed by atoms with Crippen LogP contribution in [0.15, 0.2) is 60.7 Å². The second-order valence-corrected chi connectivity index (χ2v) is 4.90. The Labute approximate surface area is 134 Å². The number of hydrogen-bond acceptors (Lipinski definition) is 5. The minimum absolute atomic E-state index is 0.445. The van der Waals surface area contributed by atoms with Crippen LogP contribution in [-0.4, -0.2) is 9.97 Å². The van der Waals surface area contributed by atoms with Crippen LogP contribution in [-0.2, 0) is 0 Å². The number of aromatic nitrogens is 2. The van der Waals surface area contributed by atoms with Crippen molar-refractivity contribution in [1.82, 2.24) is 9.97 Å². The number of nitrogens with zero attached hydrogens (tertiary/aromatic N) is 3. The highest BCUT2D eigenvalue weighted by Gasteiger charge is 2.05. The maximum atomic E-state index is 8.82. The number of hydrogen-bond donors (Lipinski definition) is 1. The average Bonchev–Trinajstić information content (AvgIpc) is 2.56. The van der Waals surface area contributed by atoms with Gasteiger partial charge in [-0.2, -0.15) is 10.2 Å². The molecule has 23 heavy (non-hydrogen) atoms. The van der Waals surface area contributed by atoms with Gasteiger partial charge in [-0.1, -0.05) is 18.2 Å². The Morgan fingerprint density at radius 1 is 1.00 bits per heavy atom. The third-order valence-corrected chi connectivity index (χ3v) is 3.07. The van der Waals surface area contributed by atoms with E-state index >= 15 is 0 Å². The number of rotatable bonds is 4. The molecule has 0 amide bonds. The third kappa shape index (κ3) is 3.83. The fraction of sp³-hybridized carbons (Fsp3) is 0.0556. The smallest absolute Gasteiger partial charge is 0.230 e. The van der Waals surface area contributed by atoms with Gasteiger partial charge >= 0.3 is 0 Å². The summed E-state index contributed by atoms with van der Waals surface area (Å²) in [5, 5.41) is 11.9.